The number of carbonyl (C=O) groups excluding carboxylic acids is 1. The van der Waals surface area contributed by atoms with Gasteiger partial charge in [-0.3, -0.25) is 4.79 Å². The van der Waals surface area contributed by atoms with E-state index in [0.29, 0.717) is 17.4 Å². The smallest absolute Gasteiger partial charge is 0.168 e. The highest BCUT2D eigenvalue weighted by atomic mass is 35.5. The van der Waals surface area contributed by atoms with Crippen LogP contribution in [-0.4, -0.2) is 12.4 Å². The molecule has 1 aromatic carbocycles. The number of rotatable bonds is 6. The van der Waals surface area contributed by atoms with E-state index in [0.717, 1.165) is 49.9 Å². The Kier molecular flexibility index (Phi) is 6.25. The summed E-state index contributed by atoms with van der Waals surface area (Å²) in [4.78, 5) is 12.6. The second-order valence-electron chi connectivity index (χ2n) is 10.2. The maximum Gasteiger partial charge on any atom is 0.168 e. The third-order valence-electron chi connectivity index (χ3n) is 7.88. The van der Waals surface area contributed by atoms with Gasteiger partial charge >= 0.3 is 0 Å². The molecule has 3 fully saturated rings. The van der Waals surface area contributed by atoms with Crippen molar-refractivity contribution in [3.63, 3.8) is 0 Å². The predicted octanol–water partition coefficient (Wildman–Crippen LogP) is 7.47. The van der Waals surface area contributed by atoms with E-state index in [9.17, 15) is 9.18 Å². The molecule has 160 valence electrons. The topological polar surface area (TPSA) is 26.3 Å². The highest BCUT2D eigenvalue weighted by Gasteiger charge is 2.43. The molecule has 0 amide bonds. The van der Waals surface area contributed by atoms with E-state index in [-0.39, 0.29) is 22.7 Å². The molecule has 3 aliphatic rings. The molecular formula is C25H34ClFO2. The van der Waals surface area contributed by atoms with Crippen molar-refractivity contribution < 1.29 is 13.9 Å². The quantitative estimate of drug-likeness (QED) is 0.446. The lowest BCUT2D eigenvalue weighted by Crippen LogP contribution is -2.41. The molecule has 29 heavy (non-hydrogen) atoms. The summed E-state index contributed by atoms with van der Waals surface area (Å²) in [6.07, 6.45) is 11.3. The number of fused-ring (bicyclic) bond motifs is 2. The largest absolute Gasteiger partial charge is 0.491 e. The summed E-state index contributed by atoms with van der Waals surface area (Å²) >= 11 is 6.43. The summed E-state index contributed by atoms with van der Waals surface area (Å²) in [5.74, 6) is 2.14. The average molecular weight is 421 g/mol. The monoisotopic (exact) mass is 420 g/mol. The van der Waals surface area contributed by atoms with Crippen molar-refractivity contribution in [1.82, 2.24) is 0 Å². The molecule has 4 rings (SSSR count). The summed E-state index contributed by atoms with van der Waals surface area (Å²) in [5, 5.41) is 0.351. The molecule has 2 atom stereocenters. The summed E-state index contributed by atoms with van der Waals surface area (Å²) < 4.78 is 20.9. The Bertz CT molecular complexity index is 737. The van der Waals surface area contributed by atoms with Gasteiger partial charge in [0.2, 0.25) is 0 Å². The zero-order valence-corrected chi connectivity index (χ0v) is 18.6. The first-order chi connectivity index (χ1) is 13.9. The highest BCUT2D eigenvalue weighted by molar-refractivity contribution is 6.32. The van der Waals surface area contributed by atoms with Crippen LogP contribution in [0, 0.1) is 34.9 Å². The van der Waals surface area contributed by atoms with Crippen LogP contribution in [0.1, 0.15) is 88.4 Å². The molecule has 0 saturated heterocycles. The summed E-state index contributed by atoms with van der Waals surface area (Å²) in [5.41, 5.74) is 0.284. The Morgan fingerprint density at radius 1 is 1.17 bits per heavy atom. The Morgan fingerprint density at radius 3 is 2.45 bits per heavy atom. The standard InChI is InChI=1S/C25H34ClFO2/c1-3-25(13-17-8-16(2)9-18(10-17)14-25)15-29-23-12-22(27)20(11-21(23)26)24(28)19-6-4-5-7-19/h11-12,16-19H,3-10,13-15H2,1-2H3. The van der Waals surface area contributed by atoms with Crippen LogP contribution < -0.4 is 4.74 Å². The van der Waals surface area contributed by atoms with Crippen LogP contribution in [0.5, 0.6) is 5.75 Å². The summed E-state index contributed by atoms with van der Waals surface area (Å²) in [7, 11) is 0. The van der Waals surface area contributed by atoms with E-state index < -0.39 is 5.82 Å². The lowest BCUT2D eigenvalue weighted by atomic mass is 9.58. The van der Waals surface area contributed by atoms with E-state index >= 15 is 0 Å². The molecule has 2 nitrogen and oxygen atoms in total. The van der Waals surface area contributed by atoms with Gasteiger partial charge in [0.25, 0.3) is 0 Å². The lowest BCUT2D eigenvalue weighted by Gasteiger charge is -2.48. The van der Waals surface area contributed by atoms with Gasteiger partial charge in [-0.05, 0) is 75.2 Å². The lowest BCUT2D eigenvalue weighted by molar-refractivity contribution is -0.000437. The van der Waals surface area contributed by atoms with Gasteiger partial charge in [-0.1, -0.05) is 38.3 Å². The van der Waals surface area contributed by atoms with Crippen molar-refractivity contribution in [3.05, 3.63) is 28.5 Å². The third kappa shape index (κ3) is 4.50. The molecule has 0 aliphatic heterocycles. The predicted molar refractivity (Wildman–Crippen MR) is 115 cm³/mol. The Labute approximate surface area is 179 Å². The first kappa shape index (κ1) is 21.2. The zero-order valence-electron chi connectivity index (χ0n) is 17.8. The zero-order chi connectivity index (χ0) is 20.6. The molecule has 4 heteroatoms. The Hall–Kier alpha value is -1.09. The van der Waals surface area contributed by atoms with Gasteiger partial charge in [0.05, 0.1) is 17.2 Å². The van der Waals surface area contributed by atoms with E-state index in [1.807, 2.05) is 0 Å². The van der Waals surface area contributed by atoms with Gasteiger partial charge in [0, 0.05) is 17.4 Å². The van der Waals surface area contributed by atoms with Gasteiger partial charge in [-0.25, -0.2) is 4.39 Å². The number of halogens is 2. The van der Waals surface area contributed by atoms with Gasteiger partial charge in [-0.2, -0.15) is 0 Å². The molecule has 1 aromatic rings. The third-order valence-corrected chi connectivity index (χ3v) is 8.17. The van der Waals surface area contributed by atoms with Crippen molar-refractivity contribution in [2.45, 2.75) is 78.1 Å². The first-order valence-corrected chi connectivity index (χ1v) is 11.9. The second kappa shape index (κ2) is 8.57. The van der Waals surface area contributed by atoms with Crippen molar-refractivity contribution in [2.24, 2.45) is 29.1 Å². The molecule has 0 N–H and O–H groups in total. The SMILES string of the molecule is CCC1(COc2cc(F)c(C(=O)C3CCCC3)cc2Cl)CC2CC(C)CC(C2)C1. The number of benzene rings is 1. The van der Waals surface area contributed by atoms with Gasteiger partial charge in [-0.15, -0.1) is 0 Å². The molecule has 0 heterocycles. The van der Waals surface area contributed by atoms with Crippen LogP contribution in [0.3, 0.4) is 0 Å². The van der Waals surface area contributed by atoms with E-state index in [1.54, 1.807) is 0 Å². The summed E-state index contributed by atoms with van der Waals surface area (Å²) in [6.45, 7) is 5.21. The van der Waals surface area contributed by atoms with Crippen LogP contribution in [0.2, 0.25) is 5.02 Å². The fraction of sp³-hybridized carbons (Fsp3) is 0.720. The van der Waals surface area contributed by atoms with E-state index in [2.05, 4.69) is 13.8 Å². The Balaban J connectivity index is 1.46. The summed E-state index contributed by atoms with van der Waals surface area (Å²) in [6, 6.07) is 2.82. The van der Waals surface area contributed by atoms with Crippen LogP contribution in [0.25, 0.3) is 0 Å². The van der Waals surface area contributed by atoms with Crippen LogP contribution in [0.15, 0.2) is 12.1 Å². The highest BCUT2D eigenvalue weighted by Crippen LogP contribution is 2.52. The van der Waals surface area contributed by atoms with E-state index in [4.69, 9.17) is 16.3 Å². The number of carbonyl (C=O) groups is 1. The molecule has 3 saturated carbocycles. The van der Waals surface area contributed by atoms with Crippen LogP contribution >= 0.6 is 11.6 Å². The maximum absolute atomic E-state index is 14.7. The van der Waals surface area contributed by atoms with Crippen molar-refractivity contribution in [2.75, 3.05) is 6.61 Å². The second-order valence-corrected chi connectivity index (χ2v) is 10.6. The molecule has 0 aromatic heterocycles. The minimum Gasteiger partial charge on any atom is -0.491 e. The van der Waals surface area contributed by atoms with Gasteiger partial charge in [0.1, 0.15) is 11.6 Å². The molecule has 0 radical (unpaired) electrons. The first-order valence-electron chi connectivity index (χ1n) is 11.5. The number of ether oxygens (including phenoxy) is 1. The van der Waals surface area contributed by atoms with Crippen LogP contribution in [-0.2, 0) is 0 Å². The fourth-order valence-electron chi connectivity index (χ4n) is 6.51. The van der Waals surface area contributed by atoms with Crippen molar-refractivity contribution >= 4 is 17.4 Å². The average Bonchev–Trinajstić information content (AvgIpc) is 3.21. The number of ketones is 1. The minimum absolute atomic E-state index is 0.0558. The normalized spacial score (nSPS) is 32.3. The molecule has 2 unspecified atom stereocenters. The van der Waals surface area contributed by atoms with E-state index in [1.165, 1.54) is 44.2 Å². The number of hydrogen-bond donors (Lipinski definition) is 0. The van der Waals surface area contributed by atoms with Crippen LogP contribution in [0.4, 0.5) is 4.39 Å². The maximum atomic E-state index is 14.7. The minimum atomic E-state index is -0.499. The Morgan fingerprint density at radius 2 is 1.83 bits per heavy atom. The fourth-order valence-corrected chi connectivity index (χ4v) is 6.73. The molecule has 2 bridgehead atoms. The molecule has 0 spiro atoms. The number of hydrogen-bond acceptors (Lipinski definition) is 2. The van der Waals surface area contributed by atoms with Crippen molar-refractivity contribution in [1.29, 1.82) is 0 Å². The molecule has 3 aliphatic carbocycles. The molecular weight excluding hydrogens is 387 g/mol. The van der Waals surface area contributed by atoms with Gasteiger partial charge < -0.3 is 4.74 Å². The van der Waals surface area contributed by atoms with Crippen molar-refractivity contribution in [3.8, 4) is 5.75 Å². The number of Topliss-reactive ketones (excluding diaryl/α,β-unsaturated/α-hetero) is 1. The van der Waals surface area contributed by atoms with Gasteiger partial charge in [0.15, 0.2) is 5.78 Å².